The van der Waals surface area contributed by atoms with E-state index in [1.807, 2.05) is 28.5 Å². The third-order valence-electron chi connectivity index (χ3n) is 8.26. The molecule has 0 spiro atoms. The molecule has 6 rings (SSSR count). The van der Waals surface area contributed by atoms with E-state index >= 15 is 4.39 Å². The molecule has 9 nitrogen and oxygen atoms in total. The molecule has 0 radical (unpaired) electrons. The van der Waals surface area contributed by atoms with Crippen molar-refractivity contribution >= 4 is 39.2 Å². The van der Waals surface area contributed by atoms with E-state index in [1.165, 1.54) is 17.8 Å². The number of rotatable bonds is 9. The van der Waals surface area contributed by atoms with Crippen LogP contribution in [0.2, 0.25) is 0 Å². The van der Waals surface area contributed by atoms with Crippen LogP contribution in [0.5, 0.6) is 0 Å². The van der Waals surface area contributed by atoms with E-state index in [2.05, 4.69) is 33.0 Å². The Balaban J connectivity index is 1.13. The van der Waals surface area contributed by atoms with E-state index in [-0.39, 0.29) is 17.0 Å². The highest BCUT2D eigenvalue weighted by Crippen LogP contribution is 2.38. The SMILES string of the molecule is CO/N=C(/C)c1cn(CCCN2CCN(c3cc4c(cc3F)c(=O)c(C(=O)O)cn4C3CC3)CC2)c2ccccc12. The summed E-state index contributed by atoms with van der Waals surface area (Å²) in [5.41, 5.74) is 3.20. The fourth-order valence-electron chi connectivity index (χ4n) is 5.99. The van der Waals surface area contributed by atoms with Crippen LogP contribution in [-0.2, 0) is 11.4 Å². The van der Waals surface area contributed by atoms with Crippen LogP contribution in [0.15, 0.2) is 58.7 Å². The zero-order valence-electron chi connectivity index (χ0n) is 23.3. The molecule has 0 amide bonds. The second-order valence-corrected chi connectivity index (χ2v) is 10.9. The number of carboxylic acids is 1. The minimum Gasteiger partial charge on any atom is -0.477 e. The van der Waals surface area contributed by atoms with Gasteiger partial charge in [-0.05, 0) is 50.9 Å². The smallest absolute Gasteiger partial charge is 0.341 e. The molecule has 41 heavy (non-hydrogen) atoms. The number of anilines is 1. The molecule has 214 valence electrons. The molecular weight excluding hydrogens is 525 g/mol. The van der Waals surface area contributed by atoms with Crippen molar-refractivity contribution in [1.82, 2.24) is 14.0 Å². The van der Waals surface area contributed by atoms with E-state index < -0.39 is 17.2 Å². The van der Waals surface area contributed by atoms with Crippen molar-refractivity contribution in [2.24, 2.45) is 5.16 Å². The van der Waals surface area contributed by atoms with Gasteiger partial charge in [0.25, 0.3) is 0 Å². The minimum atomic E-state index is -1.28. The fourth-order valence-corrected chi connectivity index (χ4v) is 5.99. The number of pyridine rings is 1. The number of benzene rings is 2. The number of aromatic nitrogens is 2. The van der Waals surface area contributed by atoms with Gasteiger partial charge in [0.15, 0.2) is 0 Å². The number of nitrogens with zero attached hydrogens (tertiary/aromatic N) is 5. The van der Waals surface area contributed by atoms with E-state index in [1.54, 1.807) is 13.2 Å². The monoisotopic (exact) mass is 559 g/mol. The Morgan fingerprint density at radius 2 is 1.78 bits per heavy atom. The molecule has 2 aromatic carbocycles. The van der Waals surface area contributed by atoms with Gasteiger partial charge in [0, 0.05) is 73.0 Å². The van der Waals surface area contributed by atoms with Crippen molar-refractivity contribution in [3.05, 3.63) is 76.0 Å². The summed E-state index contributed by atoms with van der Waals surface area (Å²) in [6, 6.07) is 11.4. The summed E-state index contributed by atoms with van der Waals surface area (Å²) in [6.45, 7) is 6.72. The first kappa shape index (κ1) is 27.0. The van der Waals surface area contributed by atoms with E-state index in [9.17, 15) is 14.7 Å². The number of hydrogen-bond acceptors (Lipinski definition) is 6. The maximum absolute atomic E-state index is 15.3. The number of fused-ring (bicyclic) bond motifs is 2. The molecule has 1 aliphatic heterocycles. The first-order chi connectivity index (χ1) is 19.9. The van der Waals surface area contributed by atoms with E-state index in [0.29, 0.717) is 24.3 Å². The minimum absolute atomic E-state index is 0.126. The van der Waals surface area contributed by atoms with Gasteiger partial charge in [-0.2, -0.15) is 0 Å². The number of para-hydroxylation sites is 1. The van der Waals surface area contributed by atoms with E-state index in [0.717, 1.165) is 62.1 Å². The number of aryl methyl sites for hydroxylation is 1. The third-order valence-corrected chi connectivity index (χ3v) is 8.26. The van der Waals surface area contributed by atoms with Crippen LogP contribution in [0.4, 0.5) is 10.1 Å². The number of halogens is 1. The first-order valence-corrected chi connectivity index (χ1v) is 14.1. The van der Waals surface area contributed by atoms with Gasteiger partial charge in [-0.1, -0.05) is 23.4 Å². The molecule has 2 aromatic heterocycles. The molecule has 1 saturated heterocycles. The highest BCUT2D eigenvalue weighted by molar-refractivity contribution is 6.09. The third kappa shape index (κ3) is 5.19. The Kier molecular flexibility index (Phi) is 7.25. The Morgan fingerprint density at radius 3 is 2.49 bits per heavy atom. The second-order valence-electron chi connectivity index (χ2n) is 10.9. The highest BCUT2D eigenvalue weighted by atomic mass is 19.1. The predicted molar refractivity (Wildman–Crippen MR) is 158 cm³/mol. The summed E-state index contributed by atoms with van der Waals surface area (Å²) in [4.78, 5) is 33.8. The van der Waals surface area contributed by atoms with Crippen molar-refractivity contribution in [1.29, 1.82) is 0 Å². The Hall–Kier alpha value is -4.18. The zero-order valence-corrected chi connectivity index (χ0v) is 23.3. The molecule has 1 N–H and O–H groups in total. The molecule has 1 aliphatic carbocycles. The van der Waals surface area contributed by atoms with Crippen LogP contribution in [0.1, 0.15) is 48.1 Å². The van der Waals surface area contributed by atoms with Crippen LogP contribution < -0.4 is 10.3 Å². The molecule has 3 heterocycles. The maximum Gasteiger partial charge on any atom is 0.341 e. The second kappa shape index (κ2) is 11.0. The maximum atomic E-state index is 15.3. The molecule has 2 aliphatic rings. The Bertz CT molecular complexity index is 1710. The summed E-state index contributed by atoms with van der Waals surface area (Å²) < 4.78 is 19.4. The lowest BCUT2D eigenvalue weighted by atomic mass is 10.1. The zero-order chi connectivity index (χ0) is 28.7. The summed E-state index contributed by atoms with van der Waals surface area (Å²) >= 11 is 0. The average Bonchev–Trinajstić information content (AvgIpc) is 3.75. The summed E-state index contributed by atoms with van der Waals surface area (Å²) in [6.07, 6.45) is 6.38. The van der Waals surface area contributed by atoms with Crippen LogP contribution in [0, 0.1) is 5.82 Å². The van der Waals surface area contributed by atoms with Gasteiger partial charge in [-0.25, -0.2) is 9.18 Å². The van der Waals surface area contributed by atoms with Gasteiger partial charge in [0.1, 0.15) is 18.5 Å². The summed E-state index contributed by atoms with van der Waals surface area (Å²) in [7, 11) is 1.56. The molecule has 0 bridgehead atoms. The number of carbonyl (C=O) groups is 1. The van der Waals surface area contributed by atoms with Crippen molar-refractivity contribution in [3.63, 3.8) is 0 Å². The number of oxime groups is 1. The Labute approximate surface area is 237 Å². The van der Waals surface area contributed by atoms with Crippen LogP contribution in [-0.4, -0.2) is 70.7 Å². The van der Waals surface area contributed by atoms with Gasteiger partial charge in [-0.15, -0.1) is 0 Å². The van der Waals surface area contributed by atoms with Crippen LogP contribution in [0.25, 0.3) is 21.8 Å². The number of piperazine rings is 1. The highest BCUT2D eigenvalue weighted by Gasteiger charge is 2.28. The van der Waals surface area contributed by atoms with Crippen LogP contribution >= 0.6 is 0 Å². The fraction of sp³-hybridized carbons (Fsp3) is 0.387. The molecule has 1 saturated carbocycles. The lowest BCUT2D eigenvalue weighted by Gasteiger charge is -2.36. The first-order valence-electron chi connectivity index (χ1n) is 14.1. The topological polar surface area (TPSA) is 92.3 Å². The van der Waals surface area contributed by atoms with Crippen molar-refractivity contribution in [3.8, 4) is 0 Å². The van der Waals surface area contributed by atoms with Gasteiger partial charge in [0.05, 0.1) is 16.9 Å². The van der Waals surface area contributed by atoms with Crippen molar-refractivity contribution in [2.75, 3.05) is 44.7 Å². The standard InChI is InChI=1S/C31H34FN5O4/c1-20(33-41-2)24-18-36(27-7-4-3-6-22(24)27)11-5-10-34-12-14-35(15-13-34)29-17-28-23(16-26(29)32)30(38)25(31(39)40)19-37(28)21-8-9-21/h3-4,6-7,16-19,21H,5,8-15H2,1-2H3,(H,39,40)/b33-20-. The van der Waals surface area contributed by atoms with Gasteiger partial charge in [0.2, 0.25) is 5.43 Å². The molecule has 0 unspecified atom stereocenters. The summed E-state index contributed by atoms with van der Waals surface area (Å²) in [5.74, 6) is -1.78. The normalized spacial score (nSPS) is 16.6. The Morgan fingerprint density at radius 1 is 1.02 bits per heavy atom. The molecular formula is C31H34FN5O4. The van der Waals surface area contributed by atoms with Gasteiger partial charge >= 0.3 is 5.97 Å². The van der Waals surface area contributed by atoms with Crippen LogP contribution in [0.3, 0.4) is 0 Å². The van der Waals surface area contributed by atoms with Gasteiger partial charge in [-0.3, -0.25) is 9.69 Å². The molecule has 10 heteroatoms. The quantitative estimate of drug-likeness (QED) is 0.236. The number of carboxylic acid groups (broad SMARTS) is 1. The number of aromatic carboxylic acids is 1. The average molecular weight is 560 g/mol. The lowest BCUT2D eigenvalue weighted by Crippen LogP contribution is -2.47. The van der Waals surface area contributed by atoms with Gasteiger partial charge < -0.3 is 24.0 Å². The lowest BCUT2D eigenvalue weighted by molar-refractivity contribution is 0.0695. The van der Waals surface area contributed by atoms with Crippen molar-refractivity contribution < 1.29 is 19.1 Å². The molecule has 2 fully saturated rings. The van der Waals surface area contributed by atoms with E-state index in [4.69, 9.17) is 4.84 Å². The predicted octanol–water partition coefficient (Wildman–Crippen LogP) is 4.71. The molecule has 4 aromatic rings. The van der Waals surface area contributed by atoms with Crippen molar-refractivity contribution in [2.45, 2.75) is 38.8 Å². The number of hydrogen-bond donors (Lipinski definition) is 1. The summed E-state index contributed by atoms with van der Waals surface area (Å²) in [5, 5.41) is 14.9. The largest absolute Gasteiger partial charge is 0.477 e. The molecule has 0 atom stereocenters.